The first-order valence-corrected chi connectivity index (χ1v) is 5.46. The molecular formula is C12H16N4O. The Bertz CT molecular complexity index is 539. The molecule has 2 aromatic rings. The van der Waals surface area contributed by atoms with Crippen LogP contribution < -0.4 is 10.6 Å². The van der Waals surface area contributed by atoms with Crippen LogP contribution in [0.1, 0.15) is 20.8 Å². The van der Waals surface area contributed by atoms with Crippen LogP contribution in [0.5, 0.6) is 0 Å². The summed E-state index contributed by atoms with van der Waals surface area (Å²) in [5, 5.41) is 5.62. The fraction of sp³-hybridized carbons (Fsp3) is 0.333. The van der Waals surface area contributed by atoms with E-state index in [4.69, 9.17) is 0 Å². The number of urea groups is 1. The summed E-state index contributed by atoms with van der Waals surface area (Å²) in [5.41, 5.74) is 1.34. The second-order valence-corrected chi connectivity index (χ2v) is 4.94. The van der Waals surface area contributed by atoms with Crippen LogP contribution in [-0.2, 0) is 0 Å². The lowest BCUT2D eigenvalue weighted by atomic mass is 10.1. The average Bonchev–Trinajstić information content (AvgIpc) is 2.61. The van der Waals surface area contributed by atoms with Crippen molar-refractivity contribution >= 4 is 17.4 Å². The molecule has 0 bridgehead atoms. The van der Waals surface area contributed by atoms with Gasteiger partial charge in [0.25, 0.3) is 0 Å². The van der Waals surface area contributed by atoms with Crippen LogP contribution in [0.25, 0.3) is 5.65 Å². The SMILES string of the molecule is CC(C)(C)NC(=O)Nc1ccc2nccn2c1. The van der Waals surface area contributed by atoms with Crippen molar-refractivity contribution in [2.45, 2.75) is 26.3 Å². The number of carbonyl (C=O) groups is 1. The van der Waals surface area contributed by atoms with Gasteiger partial charge in [0.2, 0.25) is 0 Å². The maximum Gasteiger partial charge on any atom is 0.319 e. The lowest BCUT2D eigenvalue weighted by Crippen LogP contribution is -2.43. The molecule has 2 amide bonds. The number of pyridine rings is 1. The maximum atomic E-state index is 11.7. The van der Waals surface area contributed by atoms with Gasteiger partial charge in [0.15, 0.2) is 0 Å². The van der Waals surface area contributed by atoms with Gasteiger partial charge in [-0.2, -0.15) is 0 Å². The van der Waals surface area contributed by atoms with E-state index in [9.17, 15) is 4.79 Å². The van der Waals surface area contributed by atoms with Gasteiger partial charge in [-0.3, -0.25) is 0 Å². The van der Waals surface area contributed by atoms with Crippen molar-refractivity contribution < 1.29 is 4.79 Å². The average molecular weight is 232 g/mol. The number of nitrogens with one attached hydrogen (secondary N) is 2. The Hall–Kier alpha value is -2.04. The molecule has 0 saturated carbocycles. The van der Waals surface area contributed by atoms with E-state index in [1.54, 1.807) is 6.20 Å². The Kier molecular flexibility index (Phi) is 2.75. The van der Waals surface area contributed by atoms with Crippen LogP contribution in [0.3, 0.4) is 0 Å². The van der Waals surface area contributed by atoms with Crippen molar-refractivity contribution in [1.82, 2.24) is 14.7 Å². The minimum absolute atomic E-state index is 0.211. The van der Waals surface area contributed by atoms with Crippen LogP contribution in [0.4, 0.5) is 10.5 Å². The van der Waals surface area contributed by atoms with E-state index < -0.39 is 0 Å². The number of amides is 2. The molecule has 0 radical (unpaired) electrons. The number of imidazole rings is 1. The highest BCUT2D eigenvalue weighted by Gasteiger charge is 2.13. The van der Waals surface area contributed by atoms with Crippen LogP contribution >= 0.6 is 0 Å². The zero-order valence-corrected chi connectivity index (χ0v) is 10.2. The third-order valence-electron chi connectivity index (χ3n) is 2.14. The molecular weight excluding hydrogens is 216 g/mol. The van der Waals surface area contributed by atoms with E-state index in [1.807, 2.05) is 49.7 Å². The summed E-state index contributed by atoms with van der Waals surface area (Å²) in [6.45, 7) is 5.81. The number of nitrogens with zero attached hydrogens (tertiary/aromatic N) is 2. The van der Waals surface area contributed by atoms with Crippen molar-refractivity contribution in [2.75, 3.05) is 5.32 Å². The first-order valence-electron chi connectivity index (χ1n) is 5.46. The summed E-state index contributed by atoms with van der Waals surface area (Å²) in [7, 11) is 0. The molecule has 5 heteroatoms. The lowest BCUT2D eigenvalue weighted by molar-refractivity contribution is 0.244. The number of carbonyl (C=O) groups excluding carboxylic acids is 1. The molecule has 0 saturated heterocycles. The molecule has 0 aromatic carbocycles. The Morgan fingerprint density at radius 2 is 2.12 bits per heavy atom. The minimum atomic E-state index is -0.247. The van der Waals surface area contributed by atoms with Gasteiger partial charge in [-0.25, -0.2) is 9.78 Å². The van der Waals surface area contributed by atoms with Gasteiger partial charge in [0, 0.05) is 24.1 Å². The van der Waals surface area contributed by atoms with Gasteiger partial charge < -0.3 is 15.0 Å². The van der Waals surface area contributed by atoms with Gasteiger partial charge in [-0.1, -0.05) is 0 Å². The standard InChI is InChI=1S/C12H16N4O/c1-12(2,3)15-11(17)14-9-4-5-10-13-6-7-16(10)8-9/h4-8H,1-3H3,(H2,14,15,17). The van der Waals surface area contributed by atoms with E-state index in [2.05, 4.69) is 15.6 Å². The molecule has 2 N–H and O–H groups in total. The van der Waals surface area contributed by atoms with E-state index >= 15 is 0 Å². The van der Waals surface area contributed by atoms with Crippen LogP contribution in [0.15, 0.2) is 30.7 Å². The Morgan fingerprint density at radius 1 is 1.35 bits per heavy atom. The van der Waals surface area contributed by atoms with Gasteiger partial charge >= 0.3 is 6.03 Å². The van der Waals surface area contributed by atoms with E-state index in [0.717, 1.165) is 11.3 Å². The van der Waals surface area contributed by atoms with Crippen molar-refractivity contribution in [3.8, 4) is 0 Å². The van der Waals surface area contributed by atoms with Gasteiger partial charge in [-0.15, -0.1) is 0 Å². The second-order valence-electron chi connectivity index (χ2n) is 4.94. The molecule has 2 rings (SSSR count). The molecule has 5 nitrogen and oxygen atoms in total. The van der Waals surface area contributed by atoms with Crippen molar-refractivity contribution in [3.05, 3.63) is 30.7 Å². The summed E-state index contributed by atoms with van der Waals surface area (Å²) >= 11 is 0. The monoisotopic (exact) mass is 232 g/mol. The zero-order chi connectivity index (χ0) is 12.5. The van der Waals surface area contributed by atoms with Crippen LogP contribution in [0, 0.1) is 0 Å². The quantitative estimate of drug-likeness (QED) is 0.792. The second kappa shape index (κ2) is 4.08. The Balaban J connectivity index is 2.10. The summed E-state index contributed by atoms with van der Waals surface area (Å²) in [5.74, 6) is 0. The number of hydrogen-bond acceptors (Lipinski definition) is 2. The number of rotatable bonds is 1. The van der Waals surface area contributed by atoms with Crippen molar-refractivity contribution in [1.29, 1.82) is 0 Å². The van der Waals surface area contributed by atoms with E-state index in [1.165, 1.54) is 0 Å². The predicted octanol–water partition coefficient (Wildman–Crippen LogP) is 2.25. The molecule has 0 aliphatic carbocycles. The first-order chi connectivity index (χ1) is 7.94. The Labute approximate surface area is 99.9 Å². The highest BCUT2D eigenvalue weighted by molar-refractivity contribution is 5.89. The Morgan fingerprint density at radius 3 is 2.82 bits per heavy atom. The summed E-state index contributed by atoms with van der Waals surface area (Å²) in [4.78, 5) is 15.8. The number of aromatic nitrogens is 2. The first kappa shape index (κ1) is 11.4. The predicted molar refractivity (Wildman–Crippen MR) is 67.1 cm³/mol. The summed E-state index contributed by atoms with van der Waals surface area (Å²) in [6, 6.07) is 3.47. The highest BCUT2D eigenvalue weighted by Crippen LogP contribution is 2.10. The largest absolute Gasteiger partial charge is 0.333 e. The maximum absolute atomic E-state index is 11.7. The van der Waals surface area contributed by atoms with E-state index in [-0.39, 0.29) is 11.6 Å². The van der Waals surface area contributed by atoms with E-state index in [0.29, 0.717) is 0 Å². The molecule has 17 heavy (non-hydrogen) atoms. The third kappa shape index (κ3) is 2.96. The molecule has 0 spiro atoms. The fourth-order valence-electron chi connectivity index (χ4n) is 1.50. The fourth-order valence-corrected chi connectivity index (χ4v) is 1.50. The summed E-state index contributed by atoms with van der Waals surface area (Å²) < 4.78 is 1.85. The molecule has 0 aliphatic rings. The third-order valence-corrected chi connectivity index (χ3v) is 2.14. The van der Waals surface area contributed by atoms with Crippen molar-refractivity contribution in [3.63, 3.8) is 0 Å². The van der Waals surface area contributed by atoms with Crippen molar-refractivity contribution in [2.24, 2.45) is 0 Å². The minimum Gasteiger partial charge on any atom is -0.333 e. The van der Waals surface area contributed by atoms with Crippen LogP contribution in [0.2, 0.25) is 0 Å². The lowest BCUT2D eigenvalue weighted by Gasteiger charge is -2.20. The zero-order valence-electron chi connectivity index (χ0n) is 10.2. The number of anilines is 1. The smallest absolute Gasteiger partial charge is 0.319 e. The molecule has 0 aliphatic heterocycles. The molecule has 2 aromatic heterocycles. The topological polar surface area (TPSA) is 58.4 Å². The van der Waals surface area contributed by atoms with Crippen LogP contribution in [-0.4, -0.2) is 21.0 Å². The molecule has 90 valence electrons. The number of hydrogen-bond donors (Lipinski definition) is 2. The molecule has 0 unspecified atom stereocenters. The summed E-state index contributed by atoms with van der Waals surface area (Å²) in [6.07, 6.45) is 5.38. The highest BCUT2D eigenvalue weighted by atomic mass is 16.2. The molecule has 2 heterocycles. The molecule has 0 fully saturated rings. The molecule has 0 atom stereocenters. The van der Waals surface area contributed by atoms with Gasteiger partial charge in [-0.05, 0) is 32.9 Å². The van der Waals surface area contributed by atoms with Gasteiger partial charge in [0.1, 0.15) is 5.65 Å². The number of fused-ring (bicyclic) bond motifs is 1. The van der Waals surface area contributed by atoms with Gasteiger partial charge in [0.05, 0.1) is 5.69 Å². The normalized spacial score (nSPS) is 11.5.